The Morgan fingerprint density at radius 2 is 1.68 bits per heavy atom. The average molecular weight is 610 g/mol. The summed E-state index contributed by atoms with van der Waals surface area (Å²) in [6.07, 6.45) is 5.34. The first-order valence-electron chi connectivity index (χ1n) is 15.7. The van der Waals surface area contributed by atoms with E-state index in [1.165, 1.54) is 17.7 Å². The number of benzene rings is 1. The number of allylic oxidation sites excluding steroid dienone is 1. The van der Waals surface area contributed by atoms with E-state index in [4.69, 9.17) is 4.74 Å². The van der Waals surface area contributed by atoms with Gasteiger partial charge >= 0.3 is 11.9 Å². The minimum atomic E-state index is -1.62. The van der Waals surface area contributed by atoms with Gasteiger partial charge in [0.15, 0.2) is 18.4 Å². The average Bonchev–Trinajstić information content (AvgIpc) is 3.29. The normalized spacial score (nSPS) is 34.0. The van der Waals surface area contributed by atoms with Crippen LogP contribution in [0.3, 0.4) is 0 Å². The Hall–Kier alpha value is -3.37. The summed E-state index contributed by atoms with van der Waals surface area (Å²) < 4.78 is 5.20. The van der Waals surface area contributed by atoms with E-state index in [1.807, 2.05) is 13.0 Å². The van der Waals surface area contributed by atoms with E-state index >= 15 is 0 Å². The van der Waals surface area contributed by atoms with Crippen LogP contribution in [-0.2, 0) is 28.7 Å². The number of carboxylic acid groups (broad SMARTS) is 1. The maximum atomic E-state index is 13.4. The van der Waals surface area contributed by atoms with Crippen LogP contribution in [0, 0.1) is 28.6 Å². The van der Waals surface area contributed by atoms with Gasteiger partial charge in [-0.3, -0.25) is 19.2 Å². The standard InChI is InChI=1S/C34H43NO9/c1-32-15-12-22(36)18-21(32)8-9-23-24(32)13-16-33(2)25(23)14-17-34(33,43)26(37)19-44-28(39)11-10-27(38)35-29(31(41)42)30(40)20-6-4-3-5-7-20/h3-7,18,23-25,29-30,40,43H,8-17,19H2,1-2H3,(H,35,38)(H,41,42)/t23-,24-,25-,29-,30+,32-,33+,34-/m0/s1. The fourth-order valence-electron chi connectivity index (χ4n) is 8.95. The van der Waals surface area contributed by atoms with Crippen LogP contribution in [0.1, 0.15) is 89.7 Å². The maximum absolute atomic E-state index is 13.4. The number of ketones is 2. The molecule has 0 spiro atoms. The van der Waals surface area contributed by atoms with Crippen molar-refractivity contribution in [1.82, 2.24) is 5.32 Å². The fraction of sp³-hybridized carbons (Fsp3) is 0.618. The second-order valence-corrected chi connectivity index (χ2v) is 13.6. The number of hydrogen-bond acceptors (Lipinski definition) is 8. The lowest BCUT2D eigenvalue weighted by Gasteiger charge is -2.58. The summed E-state index contributed by atoms with van der Waals surface area (Å²) in [6.45, 7) is 3.67. The van der Waals surface area contributed by atoms with Gasteiger partial charge in [0.25, 0.3) is 0 Å². The number of esters is 1. The molecule has 0 aromatic heterocycles. The molecule has 0 radical (unpaired) electrons. The third-order valence-electron chi connectivity index (χ3n) is 11.5. The van der Waals surface area contributed by atoms with E-state index < -0.39 is 66.2 Å². The molecule has 0 saturated heterocycles. The zero-order chi connectivity index (χ0) is 31.9. The van der Waals surface area contributed by atoms with E-state index in [9.17, 15) is 39.3 Å². The lowest BCUT2D eigenvalue weighted by Crippen LogP contribution is -2.58. The Morgan fingerprint density at radius 1 is 0.977 bits per heavy atom. The number of ether oxygens (including phenoxy) is 1. The Morgan fingerprint density at radius 3 is 2.39 bits per heavy atom. The number of aliphatic hydroxyl groups is 2. The van der Waals surface area contributed by atoms with Crippen molar-refractivity contribution in [3.63, 3.8) is 0 Å². The van der Waals surface area contributed by atoms with Gasteiger partial charge in [-0.25, -0.2) is 4.79 Å². The fourth-order valence-corrected chi connectivity index (χ4v) is 8.95. The topological polar surface area (TPSA) is 167 Å². The van der Waals surface area contributed by atoms with Gasteiger partial charge in [-0.05, 0) is 79.8 Å². The van der Waals surface area contributed by atoms with Gasteiger partial charge in [0, 0.05) is 18.3 Å². The van der Waals surface area contributed by atoms with Crippen LogP contribution in [0.5, 0.6) is 0 Å². The number of aliphatic hydroxyl groups excluding tert-OH is 1. The second-order valence-electron chi connectivity index (χ2n) is 13.6. The van der Waals surface area contributed by atoms with Crippen LogP contribution in [0.4, 0.5) is 0 Å². The number of hydrogen-bond donors (Lipinski definition) is 4. The Kier molecular flexibility index (Phi) is 8.88. The first-order valence-corrected chi connectivity index (χ1v) is 15.7. The minimum Gasteiger partial charge on any atom is -0.480 e. The molecular formula is C34H43NO9. The molecule has 0 unspecified atom stereocenters. The van der Waals surface area contributed by atoms with Gasteiger partial charge in [0.05, 0.1) is 6.42 Å². The Labute approximate surface area is 257 Å². The minimum absolute atomic E-state index is 0.0190. The van der Waals surface area contributed by atoms with Gasteiger partial charge in [-0.2, -0.15) is 0 Å². The quantitative estimate of drug-likeness (QED) is 0.291. The van der Waals surface area contributed by atoms with Crippen molar-refractivity contribution in [2.75, 3.05) is 6.61 Å². The predicted molar refractivity (Wildman–Crippen MR) is 158 cm³/mol. The molecule has 3 fully saturated rings. The summed E-state index contributed by atoms with van der Waals surface area (Å²) in [7, 11) is 0. The molecule has 44 heavy (non-hydrogen) atoms. The molecule has 4 N–H and O–H groups in total. The number of rotatable bonds is 10. The lowest BCUT2D eigenvalue weighted by atomic mass is 9.46. The molecule has 1 amide bonds. The molecule has 10 heteroatoms. The van der Waals surface area contributed by atoms with Gasteiger partial charge in [-0.1, -0.05) is 49.8 Å². The highest BCUT2D eigenvalue weighted by Crippen LogP contribution is 2.67. The maximum Gasteiger partial charge on any atom is 0.329 e. The molecule has 4 aliphatic rings. The molecule has 1 aromatic carbocycles. The van der Waals surface area contributed by atoms with Crippen LogP contribution in [0.15, 0.2) is 42.0 Å². The Balaban J connectivity index is 1.14. The van der Waals surface area contributed by atoms with Crippen LogP contribution in [-0.4, -0.2) is 63.0 Å². The third-order valence-corrected chi connectivity index (χ3v) is 11.5. The number of carbonyl (C=O) groups is 5. The highest BCUT2D eigenvalue weighted by Gasteiger charge is 2.66. The van der Waals surface area contributed by atoms with Gasteiger partial charge in [-0.15, -0.1) is 0 Å². The number of amides is 1. The molecule has 4 aliphatic carbocycles. The van der Waals surface area contributed by atoms with E-state index in [0.29, 0.717) is 43.1 Å². The summed E-state index contributed by atoms with van der Waals surface area (Å²) in [6, 6.07) is 6.44. The predicted octanol–water partition coefficient (Wildman–Crippen LogP) is 3.44. The molecule has 8 atom stereocenters. The van der Waals surface area contributed by atoms with Crippen molar-refractivity contribution in [2.24, 2.45) is 28.6 Å². The smallest absolute Gasteiger partial charge is 0.329 e. The summed E-state index contributed by atoms with van der Waals surface area (Å²) in [4.78, 5) is 62.1. The summed E-state index contributed by atoms with van der Waals surface area (Å²) in [5.41, 5.74) is -0.714. The molecule has 0 aliphatic heterocycles. The largest absolute Gasteiger partial charge is 0.480 e. The number of carbonyl (C=O) groups excluding carboxylic acids is 4. The summed E-state index contributed by atoms with van der Waals surface area (Å²) in [5, 5.41) is 34.0. The highest BCUT2D eigenvalue weighted by molar-refractivity contribution is 5.92. The number of nitrogens with one attached hydrogen (secondary N) is 1. The molecule has 0 bridgehead atoms. The van der Waals surface area contributed by atoms with E-state index in [0.717, 1.165) is 25.7 Å². The highest BCUT2D eigenvalue weighted by atomic mass is 16.5. The molecule has 1 aromatic rings. The van der Waals surface area contributed by atoms with Crippen LogP contribution in [0.2, 0.25) is 0 Å². The van der Waals surface area contributed by atoms with Crippen molar-refractivity contribution in [1.29, 1.82) is 0 Å². The second kappa shape index (κ2) is 12.2. The monoisotopic (exact) mass is 609 g/mol. The summed E-state index contributed by atoms with van der Waals surface area (Å²) in [5.74, 6) is -2.44. The van der Waals surface area contributed by atoms with Gasteiger partial charge in [0.1, 0.15) is 11.7 Å². The van der Waals surface area contributed by atoms with E-state index in [2.05, 4.69) is 12.2 Å². The van der Waals surface area contributed by atoms with Gasteiger partial charge in [0.2, 0.25) is 11.7 Å². The summed E-state index contributed by atoms with van der Waals surface area (Å²) >= 11 is 0. The molecule has 0 heterocycles. The van der Waals surface area contributed by atoms with E-state index in [-0.39, 0.29) is 17.1 Å². The Bertz CT molecular complexity index is 1360. The van der Waals surface area contributed by atoms with Crippen molar-refractivity contribution in [3.8, 4) is 0 Å². The molecule has 10 nitrogen and oxygen atoms in total. The molecular weight excluding hydrogens is 566 g/mol. The van der Waals surface area contributed by atoms with Crippen LogP contribution >= 0.6 is 0 Å². The van der Waals surface area contributed by atoms with Gasteiger partial charge < -0.3 is 25.4 Å². The van der Waals surface area contributed by atoms with Crippen molar-refractivity contribution >= 4 is 29.4 Å². The lowest BCUT2D eigenvalue weighted by molar-refractivity contribution is -0.170. The number of fused-ring (bicyclic) bond motifs is 5. The third kappa shape index (κ3) is 5.62. The number of Topliss-reactive ketones (excluding diaryl/α,β-unsaturated/α-hetero) is 1. The van der Waals surface area contributed by atoms with Crippen molar-refractivity contribution in [2.45, 2.75) is 95.8 Å². The van der Waals surface area contributed by atoms with Crippen LogP contribution in [0.25, 0.3) is 0 Å². The van der Waals surface area contributed by atoms with Crippen molar-refractivity contribution < 1.29 is 44.0 Å². The number of carboxylic acids is 1. The first-order chi connectivity index (χ1) is 20.8. The molecule has 5 rings (SSSR count). The zero-order valence-corrected chi connectivity index (χ0v) is 25.4. The van der Waals surface area contributed by atoms with E-state index in [1.54, 1.807) is 18.2 Å². The first kappa shape index (κ1) is 32.0. The van der Waals surface area contributed by atoms with Crippen LogP contribution < -0.4 is 5.32 Å². The van der Waals surface area contributed by atoms with Crippen molar-refractivity contribution in [3.05, 3.63) is 47.5 Å². The zero-order valence-electron chi connectivity index (χ0n) is 25.4. The molecule has 238 valence electrons. The number of aliphatic carboxylic acids is 1. The SMILES string of the molecule is C[C@]12CCC(=O)C=C1CC[C@H]1[C@@H]2CC[C@]2(C)[C@H]1CC[C@]2(O)C(=O)COC(=O)CCC(=O)N[C@H](C(=O)O)[C@H](O)c1ccccc1. The molecule has 3 saturated carbocycles.